The number of aliphatic hydroxyl groups is 3. The molecular formula is C17H28O11. The molecule has 0 unspecified atom stereocenters. The fourth-order valence-electron chi connectivity index (χ4n) is 3.27. The number of esters is 2. The summed E-state index contributed by atoms with van der Waals surface area (Å²) < 4.78 is 32.6. The molecule has 0 radical (unpaired) electrons. The number of rotatable bonds is 5. The van der Waals surface area contributed by atoms with Crippen molar-refractivity contribution in [2.75, 3.05) is 7.11 Å². The van der Waals surface area contributed by atoms with Crippen molar-refractivity contribution < 1.29 is 53.3 Å². The Morgan fingerprint density at radius 1 is 0.750 bits per heavy atom. The highest BCUT2D eigenvalue weighted by atomic mass is 16.7. The highest BCUT2D eigenvalue weighted by Crippen LogP contribution is 2.32. The molecule has 0 spiro atoms. The smallest absolute Gasteiger partial charge is 0.303 e. The number of carbonyl (C=O) groups is 2. The summed E-state index contributed by atoms with van der Waals surface area (Å²) in [5.41, 5.74) is 0. The molecule has 0 aromatic heterocycles. The van der Waals surface area contributed by atoms with Gasteiger partial charge in [0.25, 0.3) is 0 Å². The lowest BCUT2D eigenvalue weighted by atomic mass is 9.97. The minimum Gasteiger partial charge on any atom is -0.457 e. The monoisotopic (exact) mass is 408 g/mol. The van der Waals surface area contributed by atoms with Gasteiger partial charge in [-0.05, 0) is 13.8 Å². The zero-order valence-corrected chi connectivity index (χ0v) is 16.4. The Labute approximate surface area is 162 Å². The van der Waals surface area contributed by atoms with E-state index in [2.05, 4.69) is 0 Å². The van der Waals surface area contributed by atoms with Crippen molar-refractivity contribution >= 4 is 11.9 Å². The molecule has 0 saturated carbocycles. The molecule has 10 atom stereocenters. The SMILES string of the molecule is CO[C@H]1O[C@@H](C)[C@H](OC(C)=O)[C@H](O[C@H]2O[C@H](C)[C@@H](O)[C@H](O)[C@@H]2O)[C@H]1OC(C)=O. The van der Waals surface area contributed by atoms with Crippen molar-refractivity contribution in [1.82, 2.24) is 0 Å². The fraction of sp³-hybridized carbons (Fsp3) is 0.882. The molecule has 0 aromatic carbocycles. The van der Waals surface area contributed by atoms with E-state index in [1.807, 2.05) is 0 Å². The topological polar surface area (TPSA) is 150 Å². The molecule has 3 N–H and O–H groups in total. The third-order valence-corrected chi connectivity index (χ3v) is 4.66. The first-order chi connectivity index (χ1) is 13.1. The van der Waals surface area contributed by atoms with Crippen molar-refractivity contribution in [3.63, 3.8) is 0 Å². The molecule has 11 heteroatoms. The first-order valence-corrected chi connectivity index (χ1v) is 8.94. The summed E-state index contributed by atoms with van der Waals surface area (Å²) in [6, 6.07) is 0. The summed E-state index contributed by atoms with van der Waals surface area (Å²) in [5, 5.41) is 30.1. The molecule has 28 heavy (non-hydrogen) atoms. The van der Waals surface area contributed by atoms with Crippen molar-refractivity contribution in [1.29, 1.82) is 0 Å². The Morgan fingerprint density at radius 3 is 1.82 bits per heavy atom. The second-order valence-corrected chi connectivity index (χ2v) is 6.88. The highest BCUT2D eigenvalue weighted by Gasteiger charge is 2.52. The normalized spacial score (nSPS) is 44.0. The zero-order chi connectivity index (χ0) is 21.2. The minimum atomic E-state index is -1.60. The van der Waals surface area contributed by atoms with Gasteiger partial charge in [-0.15, -0.1) is 0 Å². The predicted molar refractivity (Wildman–Crippen MR) is 89.7 cm³/mol. The molecule has 0 aromatic rings. The van der Waals surface area contributed by atoms with E-state index in [0.717, 1.165) is 0 Å². The Bertz CT molecular complexity index is 555. The summed E-state index contributed by atoms with van der Waals surface area (Å²) in [7, 11) is 1.34. The lowest BCUT2D eigenvalue weighted by molar-refractivity contribution is -0.353. The van der Waals surface area contributed by atoms with Crippen LogP contribution in [0.25, 0.3) is 0 Å². The number of carbonyl (C=O) groups excluding carboxylic acids is 2. The van der Waals surface area contributed by atoms with Gasteiger partial charge in [0.1, 0.15) is 24.4 Å². The maximum Gasteiger partial charge on any atom is 0.303 e. The van der Waals surface area contributed by atoms with Crippen LogP contribution in [0.2, 0.25) is 0 Å². The quantitative estimate of drug-likeness (QED) is 0.454. The van der Waals surface area contributed by atoms with E-state index in [1.165, 1.54) is 27.9 Å². The molecule has 162 valence electrons. The van der Waals surface area contributed by atoms with Gasteiger partial charge in [0.05, 0.1) is 12.2 Å². The molecule has 2 heterocycles. The van der Waals surface area contributed by atoms with Crippen LogP contribution < -0.4 is 0 Å². The zero-order valence-electron chi connectivity index (χ0n) is 16.4. The van der Waals surface area contributed by atoms with Crippen LogP contribution in [0.4, 0.5) is 0 Å². The Morgan fingerprint density at radius 2 is 1.29 bits per heavy atom. The second-order valence-electron chi connectivity index (χ2n) is 6.88. The van der Waals surface area contributed by atoms with Gasteiger partial charge in [0, 0.05) is 21.0 Å². The van der Waals surface area contributed by atoms with Crippen LogP contribution in [0, 0.1) is 0 Å². The van der Waals surface area contributed by atoms with Crippen molar-refractivity contribution in [2.45, 2.75) is 89.1 Å². The van der Waals surface area contributed by atoms with Crippen molar-refractivity contribution in [3.05, 3.63) is 0 Å². The Balaban J connectivity index is 2.32. The largest absolute Gasteiger partial charge is 0.457 e. The van der Waals surface area contributed by atoms with Crippen molar-refractivity contribution in [2.24, 2.45) is 0 Å². The van der Waals surface area contributed by atoms with Crippen LogP contribution in [-0.4, -0.2) is 95.8 Å². The maximum absolute atomic E-state index is 11.6. The second kappa shape index (κ2) is 9.44. The highest BCUT2D eigenvalue weighted by molar-refractivity contribution is 5.67. The molecule has 2 aliphatic rings. The molecular weight excluding hydrogens is 380 g/mol. The van der Waals surface area contributed by atoms with E-state index in [0.29, 0.717) is 0 Å². The van der Waals surface area contributed by atoms with Gasteiger partial charge in [-0.25, -0.2) is 0 Å². The van der Waals surface area contributed by atoms with Gasteiger partial charge in [-0.2, -0.15) is 0 Å². The molecule has 2 aliphatic heterocycles. The van der Waals surface area contributed by atoms with Crippen LogP contribution in [0.1, 0.15) is 27.7 Å². The molecule has 2 rings (SSSR count). The molecule has 2 saturated heterocycles. The van der Waals surface area contributed by atoms with Crippen LogP contribution in [0.15, 0.2) is 0 Å². The van der Waals surface area contributed by atoms with E-state index in [-0.39, 0.29) is 0 Å². The lowest BCUT2D eigenvalue weighted by Gasteiger charge is -2.46. The van der Waals surface area contributed by atoms with Gasteiger partial charge < -0.3 is 43.7 Å². The van der Waals surface area contributed by atoms with Gasteiger partial charge in [-0.3, -0.25) is 9.59 Å². The van der Waals surface area contributed by atoms with Crippen molar-refractivity contribution in [3.8, 4) is 0 Å². The van der Waals surface area contributed by atoms with Gasteiger partial charge >= 0.3 is 11.9 Å². The summed E-state index contributed by atoms with van der Waals surface area (Å²) >= 11 is 0. The summed E-state index contributed by atoms with van der Waals surface area (Å²) in [4.78, 5) is 23.1. The van der Waals surface area contributed by atoms with E-state index in [4.69, 9.17) is 28.4 Å². The van der Waals surface area contributed by atoms with E-state index >= 15 is 0 Å². The fourth-order valence-corrected chi connectivity index (χ4v) is 3.27. The summed E-state index contributed by atoms with van der Waals surface area (Å²) in [6.07, 6.45) is -11.7. The first-order valence-electron chi connectivity index (χ1n) is 8.94. The molecule has 2 fully saturated rings. The summed E-state index contributed by atoms with van der Waals surface area (Å²) in [5.74, 6) is -1.28. The Kier molecular flexibility index (Phi) is 7.73. The maximum atomic E-state index is 11.6. The van der Waals surface area contributed by atoms with Crippen LogP contribution >= 0.6 is 0 Å². The predicted octanol–water partition coefficient (Wildman–Crippen LogP) is -1.55. The molecule has 0 amide bonds. The van der Waals surface area contributed by atoms with Crippen LogP contribution in [-0.2, 0) is 38.0 Å². The van der Waals surface area contributed by atoms with Crippen LogP contribution in [0.5, 0.6) is 0 Å². The van der Waals surface area contributed by atoms with Gasteiger partial charge in [-0.1, -0.05) is 0 Å². The number of methoxy groups -OCH3 is 1. The Hall–Kier alpha value is -1.34. The standard InChI is InChI=1S/C17H28O11/c1-6-10(20)11(21)12(22)16(24-6)28-14-13(26-8(3)18)7(2)25-17(23-5)15(14)27-9(4)19/h6-7,10-17,20-22H,1-5H3/t6-,7+,10-,11+,12+,13+,14+,15-,16-,17+/m1/s1. The number of hydrogen-bond donors (Lipinski definition) is 3. The number of hydrogen-bond acceptors (Lipinski definition) is 11. The average Bonchev–Trinajstić information content (AvgIpc) is 2.61. The first kappa shape index (κ1) is 22.9. The number of aliphatic hydroxyl groups excluding tert-OH is 3. The molecule has 11 nitrogen and oxygen atoms in total. The van der Waals surface area contributed by atoms with Gasteiger partial charge in [0.15, 0.2) is 24.8 Å². The summed E-state index contributed by atoms with van der Waals surface area (Å²) in [6.45, 7) is 5.48. The average molecular weight is 408 g/mol. The van der Waals surface area contributed by atoms with E-state index < -0.39 is 73.4 Å². The minimum absolute atomic E-state index is 0.625. The third-order valence-electron chi connectivity index (χ3n) is 4.66. The number of ether oxygens (including phenoxy) is 6. The molecule has 0 bridgehead atoms. The molecule has 0 aliphatic carbocycles. The van der Waals surface area contributed by atoms with E-state index in [9.17, 15) is 24.9 Å². The third kappa shape index (κ3) is 4.98. The van der Waals surface area contributed by atoms with E-state index in [1.54, 1.807) is 6.92 Å². The van der Waals surface area contributed by atoms with Crippen LogP contribution in [0.3, 0.4) is 0 Å². The lowest BCUT2D eigenvalue weighted by Crippen LogP contribution is -2.64. The van der Waals surface area contributed by atoms with Gasteiger partial charge in [0.2, 0.25) is 0 Å².